The van der Waals surface area contributed by atoms with Crippen LogP contribution in [0.1, 0.15) is 35.8 Å². The van der Waals surface area contributed by atoms with Crippen LogP contribution in [0.3, 0.4) is 0 Å². The molecule has 6 heteroatoms. The largest absolute Gasteiger partial charge is 0.467 e. The van der Waals surface area contributed by atoms with Gasteiger partial charge in [-0.05, 0) is 30.9 Å². The summed E-state index contributed by atoms with van der Waals surface area (Å²) in [4.78, 5) is 26.5. The Morgan fingerprint density at radius 2 is 2.32 bits per heavy atom. The van der Waals surface area contributed by atoms with Gasteiger partial charge in [-0.2, -0.15) is 4.98 Å². The number of hydrogen-bond acceptors (Lipinski definition) is 5. The number of aryl methyl sites for hydroxylation is 1. The van der Waals surface area contributed by atoms with Crippen LogP contribution in [-0.2, 0) is 6.42 Å². The first kappa shape index (κ1) is 11.8. The molecule has 1 aliphatic carbocycles. The van der Waals surface area contributed by atoms with Crippen LogP contribution in [0.4, 0.5) is 0 Å². The van der Waals surface area contributed by atoms with Crippen molar-refractivity contribution in [3.8, 4) is 6.01 Å². The average Bonchev–Trinajstić information content (AvgIpc) is 2.46. The number of fused-ring (bicyclic) bond motifs is 1. The monoisotopic (exact) mass is 258 g/mol. The van der Waals surface area contributed by atoms with Crippen molar-refractivity contribution in [2.75, 3.05) is 7.11 Å². The van der Waals surface area contributed by atoms with Gasteiger partial charge in [0.25, 0.3) is 0 Å². The van der Waals surface area contributed by atoms with E-state index in [0.29, 0.717) is 5.82 Å². The summed E-state index contributed by atoms with van der Waals surface area (Å²) < 4.78 is 4.95. The number of aromatic nitrogens is 4. The molecule has 3 rings (SSSR count). The summed E-state index contributed by atoms with van der Waals surface area (Å²) in [5.74, 6) is 0.589. The van der Waals surface area contributed by atoms with Crippen molar-refractivity contribution in [3.63, 3.8) is 0 Å². The third-order valence-electron chi connectivity index (χ3n) is 3.36. The van der Waals surface area contributed by atoms with E-state index in [2.05, 4.69) is 26.0 Å². The van der Waals surface area contributed by atoms with Gasteiger partial charge in [-0.15, -0.1) is 4.98 Å². The van der Waals surface area contributed by atoms with E-state index in [-0.39, 0.29) is 11.9 Å². The molecule has 0 fully saturated rings. The second-order valence-corrected chi connectivity index (χ2v) is 4.52. The lowest BCUT2D eigenvalue weighted by atomic mass is 9.86. The Kier molecular flexibility index (Phi) is 2.98. The molecule has 19 heavy (non-hydrogen) atoms. The van der Waals surface area contributed by atoms with Crippen molar-refractivity contribution in [1.82, 2.24) is 19.9 Å². The molecule has 0 saturated heterocycles. The van der Waals surface area contributed by atoms with E-state index in [9.17, 15) is 4.79 Å². The molecule has 2 heterocycles. The molecule has 0 bridgehead atoms. The van der Waals surface area contributed by atoms with Gasteiger partial charge in [0, 0.05) is 6.20 Å². The summed E-state index contributed by atoms with van der Waals surface area (Å²) in [6.45, 7) is 0. The van der Waals surface area contributed by atoms with Gasteiger partial charge in [-0.1, -0.05) is 6.07 Å². The van der Waals surface area contributed by atoms with Crippen LogP contribution in [0.15, 0.2) is 23.1 Å². The third kappa shape index (κ3) is 2.21. The minimum absolute atomic E-state index is 0.00884. The summed E-state index contributed by atoms with van der Waals surface area (Å²) in [6.07, 6.45) is 4.76. The van der Waals surface area contributed by atoms with E-state index in [4.69, 9.17) is 4.74 Å². The highest BCUT2D eigenvalue weighted by Crippen LogP contribution is 2.33. The Morgan fingerprint density at radius 1 is 1.42 bits per heavy atom. The summed E-state index contributed by atoms with van der Waals surface area (Å²) in [6, 6.07) is 4.11. The standard InChI is InChI=1S/C13H14N4O2/c1-19-13-16-11(15-12(18)17-13)9-6-2-4-8-5-3-7-14-10(8)9/h3,5,7,9H,2,4,6H2,1H3,(H,15,16,17,18). The summed E-state index contributed by atoms with van der Waals surface area (Å²) in [7, 11) is 1.45. The fourth-order valence-corrected chi connectivity index (χ4v) is 2.51. The highest BCUT2D eigenvalue weighted by molar-refractivity contribution is 5.30. The number of nitrogens with zero attached hydrogens (tertiary/aromatic N) is 3. The van der Waals surface area contributed by atoms with Gasteiger partial charge in [-0.25, -0.2) is 4.79 Å². The van der Waals surface area contributed by atoms with Crippen molar-refractivity contribution < 1.29 is 4.74 Å². The molecular weight excluding hydrogens is 244 g/mol. The van der Waals surface area contributed by atoms with E-state index >= 15 is 0 Å². The van der Waals surface area contributed by atoms with Gasteiger partial charge in [0.05, 0.1) is 18.7 Å². The minimum atomic E-state index is -0.440. The Labute approximate surface area is 109 Å². The van der Waals surface area contributed by atoms with Crippen LogP contribution in [0.25, 0.3) is 0 Å². The molecule has 98 valence electrons. The maximum atomic E-state index is 11.5. The van der Waals surface area contributed by atoms with Gasteiger partial charge >= 0.3 is 11.7 Å². The summed E-state index contributed by atoms with van der Waals surface area (Å²) in [5, 5.41) is 0. The first-order valence-corrected chi connectivity index (χ1v) is 6.24. The number of rotatable bonds is 2. The predicted molar refractivity (Wildman–Crippen MR) is 68.2 cm³/mol. The van der Waals surface area contributed by atoms with E-state index < -0.39 is 5.69 Å². The highest BCUT2D eigenvalue weighted by atomic mass is 16.5. The number of methoxy groups -OCH3 is 1. The van der Waals surface area contributed by atoms with Gasteiger partial charge in [0.15, 0.2) is 0 Å². The Balaban J connectivity index is 2.08. The number of H-pyrrole nitrogens is 1. The molecule has 0 saturated carbocycles. The smallest absolute Gasteiger partial charge is 0.350 e. The zero-order chi connectivity index (χ0) is 13.2. The molecule has 0 spiro atoms. The van der Waals surface area contributed by atoms with E-state index in [1.807, 2.05) is 6.07 Å². The van der Waals surface area contributed by atoms with Crippen molar-refractivity contribution in [2.24, 2.45) is 0 Å². The van der Waals surface area contributed by atoms with Crippen molar-refractivity contribution in [1.29, 1.82) is 0 Å². The van der Waals surface area contributed by atoms with Crippen LogP contribution in [0.5, 0.6) is 6.01 Å². The van der Waals surface area contributed by atoms with Crippen LogP contribution in [-0.4, -0.2) is 27.0 Å². The lowest BCUT2D eigenvalue weighted by Gasteiger charge is -2.23. The van der Waals surface area contributed by atoms with Crippen LogP contribution in [0, 0.1) is 0 Å². The quantitative estimate of drug-likeness (QED) is 0.870. The summed E-state index contributed by atoms with van der Waals surface area (Å²) >= 11 is 0. The lowest BCUT2D eigenvalue weighted by molar-refractivity contribution is 0.371. The highest BCUT2D eigenvalue weighted by Gasteiger charge is 2.25. The van der Waals surface area contributed by atoms with E-state index in [0.717, 1.165) is 25.0 Å². The number of nitrogens with one attached hydrogen (secondary N) is 1. The first-order valence-electron chi connectivity index (χ1n) is 6.24. The first-order chi connectivity index (χ1) is 9.28. The molecule has 1 aliphatic rings. The molecular formula is C13H14N4O2. The van der Waals surface area contributed by atoms with Crippen molar-refractivity contribution >= 4 is 0 Å². The Hall–Kier alpha value is -2.24. The zero-order valence-corrected chi connectivity index (χ0v) is 10.6. The normalized spacial score (nSPS) is 17.8. The molecule has 2 aromatic rings. The maximum Gasteiger partial charge on any atom is 0.350 e. The van der Waals surface area contributed by atoms with E-state index in [1.54, 1.807) is 6.20 Å². The van der Waals surface area contributed by atoms with Crippen LogP contribution >= 0.6 is 0 Å². The molecule has 0 aliphatic heterocycles. The molecule has 1 atom stereocenters. The number of aromatic amines is 1. The SMILES string of the molecule is COc1nc(C2CCCc3cccnc32)[nH]c(=O)n1. The molecule has 0 aromatic carbocycles. The maximum absolute atomic E-state index is 11.5. The zero-order valence-electron chi connectivity index (χ0n) is 10.6. The average molecular weight is 258 g/mol. The fraction of sp³-hybridized carbons (Fsp3) is 0.385. The predicted octanol–water partition coefficient (Wildman–Crippen LogP) is 1.04. The molecule has 1 unspecified atom stereocenters. The number of hydrogen-bond donors (Lipinski definition) is 1. The Bertz CT molecular complexity index is 653. The van der Waals surface area contributed by atoms with Crippen LogP contribution in [0.2, 0.25) is 0 Å². The van der Waals surface area contributed by atoms with Gasteiger partial charge in [0.2, 0.25) is 0 Å². The lowest BCUT2D eigenvalue weighted by Crippen LogP contribution is -2.22. The van der Waals surface area contributed by atoms with E-state index in [1.165, 1.54) is 12.7 Å². The third-order valence-corrected chi connectivity index (χ3v) is 3.36. The molecule has 6 nitrogen and oxygen atoms in total. The van der Waals surface area contributed by atoms with Gasteiger partial charge in [-0.3, -0.25) is 9.97 Å². The second kappa shape index (κ2) is 4.79. The topological polar surface area (TPSA) is 80.8 Å². The molecule has 1 N–H and O–H groups in total. The minimum Gasteiger partial charge on any atom is -0.467 e. The van der Waals surface area contributed by atoms with Crippen molar-refractivity contribution in [2.45, 2.75) is 25.2 Å². The summed E-state index contributed by atoms with van der Waals surface area (Å²) in [5.41, 5.74) is 1.77. The second-order valence-electron chi connectivity index (χ2n) is 4.52. The fourth-order valence-electron chi connectivity index (χ4n) is 2.51. The Morgan fingerprint density at radius 3 is 3.16 bits per heavy atom. The van der Waals surface area contributed by atoms with Crippen molar-refractivity contribution in [3.05, 3.63) is 45.9 Å². The number of pyridine rings is 1. The number of ether oxygens (including phenoxy) is 1. The van der Waals surface area contributed by atoms with Gasteiger partial charge in [0.1, 0.15) is 5.82 Å². The van der Waals surface area contributed by atoms with Gasteiger partial charge < -0.3 is 4.74 Å². The molecule has 0 radical (unpaired) electrons. The van der Waals surface area contributed by atoms with Crippen LogP contribution < -0.4 is 10.4 Å². The molecule has 0 amide bonds. The molecule has 2 aromatic heterocycles.